The zero-order chi connectivity index (χ0) is 24.8. The van der Waals surface area contributed by atoms with E-state index in [4.69, 9.17) is 9.47 Å². The summed E-state index contributed by atoms with van der Waals surface area (Å²) in [4.78, 5) is 52.2. The topological polar surface area (TPSA) is 129 Å². The highest BCUT2D eigenvalue weighted by molar-refractivity contribution is 7.99. The van der Waals surface area contributed by atoms with Crippen LogP contribution in [-0.2, 0) is 9.47 Å². The second kappa shape index (κ2) is 10.8. The highest BCUT2D eigenvalue weighted by Crippen LogP contribution is 2.35. The molecule has 10 heteroatoms. The molecule has 0 bridgehead atoms. The van der Waals surface area contributed by atoms with E-state index in [1.165, 1.54) is 23.9 Å². The van der Waals surface area contributed by atoms with Crippen molar-refractivity contribution >= 4 is 35.2 Å². The number of H-pyrrole nitrogens is 1. The lowest BCUT2D eigenvalue weighted by atomic mass is 10.1. The van der Waals surface area contributed by atoms with Crippen LogP contribution in [0.25, 0.3) is 0 Å². The van der Waals surface area contributed by atoms with Crippen LogP contribution < -0.4 is 0 Å². The summed E-state index contributed by atoms with van der Waals surface area (Å²) in [5.41, 5.74) is 0.961. The Kier molecular flexibility index (Phi) is 7.85. The van der Waals surface area contributed by atoms with Gasteiger partial charge in [0.25, 0.3) is 5.69 Å². The second-order valence-electron chi connectivity index (χ2n) is 7.20. The number of esters is 2. The molecule has 0 unspecified atom stereocenters. The first-order chi connectivity index (χ1) is 16.2. The monoisotopic (exact) mass is 482 g/mol. The number of benzene rings is 2. The molecular weight excluding hydrogens is 460 g/mol. The molecule has 0 amide bonds. The van der Waals surface area contributed by atoms with Gasteiger partial charge < -0.3 is 14.5 Å². The Morgan fingerprint density at radius 2 is 1.74 bits per heavy atom. The molecule has 0 spiro atoms. The molecule has 0 radical (unpaired) electrons. The maximum absolute atomic E-state index is 12.6. The summed E-state index contributed by atoms with van der Waals surface area (Å²) in [6, 6.07) is 13.1. The predicted molar refractivity (Wildman–Crippen MR) is 124 cm³/mol. The Morgan fingerprint density at radius 1 is 1.03 bits per heavy atom. The fourth-order valence-corrected chi connectivity index (χ4v) is 4.23. The van der Waals surface area contributed by atoms with Crippen molar-refractivity contribution in [2.24, 2.45) is 0 Å². The van der Waals surface area contributed by atoms with Crippen molar-refractivity contribution in [2.45, 2.75) is 30.6 Å². The number of hydrogen-bond acceptors (Lipinski definition) is 8. The quantitative estimate of drug-likeness (QED) is 0.197. The lowest BCUT2D eigenvalue weighted by Gasteiger charge is -2.07. The van der Waals surface area contributed by atoms with Gasteiger partial charge in [-0.1, -0.05) is 30.0 Å². The minimum absolute atomic E-state index is 0.0523. The Hall–Kier alpha value is -3.92. The molecule has 9 nitrogen and oxygen atoms in total. The van der Waals surface area contributed by atoms with Crippen molar-refractivity contribution in [1.29, 1.82) is 0 Å². The van der Waals surface area contributed by atoms with E-state index in [9.17, 15) is 24.5 Å². The number of aromatic amines is 1. The zero-order valence-corrected chi connectivity index (χ0v) is 19.6. The summed E-state index contributed by atoms with van der Waals surface area (Å²) >= 11 is 1.20. The average molecular weight is 483 g/mol. The lowest BCUT2D eigenvalue weighted by Crippen LogP contribution is -2.16. The summed E-state index contributed by atoms with van der Waals surface area (Å²) in [6.07, 6.45) is 0. The zero-order valence-electron chi connectivity index (χ0n) is 18.7. The smallest absolute Gasteiger partial charge is 0.340 e. The highest BCUT2D eigenvalue weighted by atomic mass is 32.2. The van der Waals surface area contributed by atoms with E-state index >= 15 is 0 Å². The maximum Gasteiger partial charge on any atom is 0.340 e. The van der Waals surface area contributed by atoms with Crippen LogP contribution in [0.3, 0.4) is 0 Å². The molecule has 1 heterocycles. The van der Waals surface area contributed by atoms with E-state index in [-0.39, 0.29) is 29.1 Å². The van der Waals surface area contributed by atoms with Crippen molar-refractivity contribution in [3.8, 4) is 0 Å². The molecule has 0 atom stereocenters. The van der Waals surface area contributed by atoms with Gasteiger partial charge in [0.1, 0.15) is 0 Å². The number of Topliss-reactive ketones (excluding diaryl/α,β-unsaturated/α-hetero) is 1. The van der Waals surface area contributed by atoms with E-state index in [0.717, 1.165) is 11.0 Å². The van der Waals surface area contributed by atoms with E-state index in [1.54, 1.807) is 20.8 Å². The number of carbonyl (C=O) groups is 3. The maximum atomic E-state index is 12.6. The van der Waals surface area contributed by atoms with Crippen molar-refractivity contribution in [3.05, 3.63) is 86.7 Å². The number of nitrogens with zero attached hydrogens (tertiary/aromatic N) is 1. The summed E-state index contributed by atoms with van der Waals surface area (Å²) in [5.74, 6) is -1.97. The minimum atomic E-state index is -0.876. The third kappa shape index (κ3) is 5.52. The van der Waals surface area contributed by atoms with Crippen LogP contribution in [0.4, 0.5) is 5.69 Å². The molecular formula is C24H22N2O7S. The number of aromatic nitrogens is 1. The first-order valence-electron chi connectivity index (χ1n) is 10.3. The third-order valence-electron chi connectivity index (χ3n) is 4.89. The number of hydrogen-bond donors (Lipinski definition) is 1. The number of carbonyl (C=O) groups excluding carboxylic acids is 3. The number of ether oxygens (including phenoxy) is 2. The number of ketones is 1. The first kappa shape index (κ1) is 24.7. The average Bonchev–Trinajstić information content (AvgIpc) is 3.12. The second-order valence-corrected chi connectivity index (χ2v) is 8.31. The minimum Gasteiger partial charge on any atom is -0.462 e. The van der Waals surface area contributed by atoms with Crippen molar-refractivity contribution < 1.29 is 28.8 Å². The van der Waals surface area contributed by atoms with E-state index in [0.29, 0.717) is 16.2 Å². The number of nitrogens with one attached hydrogen (secondary N) is 1. The largest absolute Gasteiger partial charge is 0.462 e. The van der Waals surface area contributed by atoms with E-state index in [1.807, 2.05) is 30.3 Å². The fourth-order valence-electron chi connectivity index (χ4n) is 3.31. The SMILES string of the molecule is CCOC(=O)c1c(C)[nH]c(C(=O)COC(=O)c2ccc(Sc3ccccc3)c([N+](=O)[O-])c2)c1C. The number of aryl methyl sites for hydroxylation is 1. The Balaban J connectivity index is 1.73. The van der Waals surface area contributed by atoms with Gasteiger partial charge >= 0.3 is 11.9 Å². The van der Waals surface area contributed by atoms with Gasteiger partial charge in [-0.3, -0.25) is 14.9 Å². The van der Waals surface area contributed by atoms with Gasteiger partial charge in [-0.25, -0.2) is 9.59 Å². The Morgan fingerprint density at radius 3 is 2.38 bits per heavy atom. The van der Waals surface area contributed by atoms with E-state index < -0.39 is 29.3 Å². The van der Waals surface area contributed by atoms with Crippen LogP contribution in [0.2, 0.25) is 0 Å². The molecule has 0 aliphatic carbocycles. The van der Waals surface area contributed by atoms with Crippen molar-refractivity contribution in [1.82, 2.24) is 4.98 Å². The third-order valence-corrected chi connectivity index (χ3v) is 5.97. The molecule has 1 N–H and O–H groups in total. The molecule has 1 aromatic heterocycles. The molecule has 176 valence electrons. The van der Waals surface area contributed by atoms with E-state index in [2.05, 4.69) is 4.98 Å². The van der Waals surface area contributed by atoms with Gasteiger partial charge in [0.2, 0.25) is 5.78 Å². The number of rotatable bonds is 9. The molecule has 3 aromatic rings. The summed E-state index contributed by atoms with van der Waals surface area (Å²) < 4.78 is 10.1. The van der Waals surface area contributed by atoms with Crippen LogP contribution in [0, 0.1) is 24.0 Å². The first-order valence-corrected chi connectivity index (χ1v) is 11.1. The lowest BCUT2D eigenvalue weighted by molar-refractivity contribution is -0.387. The Labute approximate surface area is 199 Å². The Bertz CT molecular complexity index is 1250. The van der Waals surface area contributed by atoms with Crippen LogP contribution in [-0.4, -0.2) is 40.8 Å². The van der Waals surface area contributed by atoms with Crippen molar-refractivity contribution in [3.63, 3.8) is 0 Å². The van der Waals surface area contributed by atoms with Gasteiger partial charge in [0.15, 0.2) is 6.61 Å². The van der Waals surface area contributed by atoms with Crippen LogP contribution in [0.1, 0.15) is 49.4 Å². The van der Waals surface area contributed by atoms with Gasteiger partial charge in [-0.05, 0) is 50.6 Å². The molecule has 0 aliphatic rings. The van der Waals surface area contributed by atoms with Crippen LogP contribution in [0.15, 0.2) is 58.3 Å². The molecule has 3 rings (SSSR count). The van der Waals surface area contributed by atoms with Gasteiger partial charge in [-0.15, -0.1) is 0 Å². The van der Waals surface area contributed by atoms with Crippen LogP contribution in [0.5, 0.6) is 0 Å². The molecule has 0 saturated heterocycles. The van der Waals surface area contributed by atoms with Gasteiger partial charge in [0, 0.05) is 16.7 Å². The molecule has 0 saturated carbocycles. The highest BCUT2D eigenvalue weighted by Gasteiger charge is 2.24. The normalized spacial score (nSPS) is 10.6. The standard InChI is InChI=1S/C24H22N2O7S/c1-4-32-24(29)21-14(2)22(25-15(21)3)19(27)13-33-23(28)16-10-11-20(18(12-16)26(30)31)34-17-8-6-5-7-9-17/h5-12,25H,4,13H2,1-3H3. The van der Waals surface area contributed by atoms with Crippen molar-refractivity contribution in [2.75, 3.05) is 13.2 Å². The molecule has 0 aliphatic heterocycles. The predicted octanol–water partition coefficient (Wildman–Crippen LogP) is 4.91. The molecule has 2 aromatic carbocycles. The number of nitro benzene ring substituents is 1. The summed E-state index contributed by atoms with van der Waals surface area (Å²) in [6.45, 7) is 4.50. The number of nitro groups is 1. The van der Waals surface area contributed by atoms with Gasteiger partial charge in [0.05, 0.1) is 33.2 Å². The molecule has 34 heavy (non-hydrogen) atoms. The van der Waals surface area contributed by atoms with Gasteiger partial charge in [-0.2, -0.15) is 0 Å². The fraction of sp³-hybridized carbons (Fsp3) is 0.208. The summed E-state index contributed by atoms with van der Waals surface area (Å²) in [5, 5.41) is 11.6. The molecule has 0 fully saturated rings. The van der Waals surface area contributed by atoms with Crippen LogP contribution >= 0.6 is 11.8 Å². The summed E-state index contributed by atoms with van der Waals surface area (Å²) in [7, 11) is 0.